The molecule has 3 aromatic rings. The Kier molecular flexibility index (Phi) is 4.26. The molecule has 24 heavy (non-hydrogen) atoms. The topological polar surface area (TPSA) is 72.2 Å². The number of non-ortho nitro benzene ring substituents is 1. The number of nitrogens with one attached hydrogen (secondary N) is 1. The number of nitro groups is 1. The summed E-state index contributed by atoms with van der Waals surface area (Å²) in [6, 6.07) is 10.1. The molecule has 1 N–H and O–H groups in total. The molecule has 0 spiro atoms. The number of carbonyl (C=O) groups is 1. The van der Waals surface area contributed by atoms with Crippen molar-refractivity contribution >= 4 is 50.3 Å². The van der Waals surface area contributed by atoms with E-state index in [-0.39, 0.29) is 11.6 Å². The fourth-order valence-corrected chi connectivity index (χ4v) is 3.91. The predicted octanol–water partition coefficient (Wildman–Crippen LogP) is 5.33. The number of halogens is 1. The van der Waals surface area contributed by atoms with Crippen LogP contribution < -0.4 is 5.32 Å². The predicted molar refractivity (Wildman–Crippen MR) is 97.4 cm³/mol. The summed E-state index contributed by atoms with van der Waals surface area (Å²) in [5.41, 5.74) is 2.22. The van der Waals surface area contributed by atoms with Crippen LogP contribution in [-0.4, -0.2) is 10.8 Å². The quantitative estimate of drug-likeness (QED) is 0.506. The van der Waals surface area contributed by atoms with Gasteiger partial charge in [0.1, 0.15) is 4.88 Å². The second kappa shape index (κ2) is 6.22. The Hall–Kier alpha value is -2.44. The zero-order valence-electron chi connectivity index (χ0n) is 12.9. The van der Waals surface area contributed by atoms with Crippen molar-refractivity contribution in [1.82, 2.24) is 0 Å². The molecule has 122 valence electrons. The van der Waals surface area contributed by atoms with Gasteiger partial charge in [0.2, 0.25) is 0 Å². The Morgan fingerprint density at radius 1 is 1.21 bits per heavy atom. The zero-order chi connectivity index (χ0) is 17.4. The largest absolute Gasteiger partial charge is 0.321 e. The molecule has 0 aliphatic heterocycles. The van der Waals surface area contributed by atoms with Crippen LogP contribution in [0.25, 0.3) is 10.1 Å². The zero-order valence-corrected chi connectivity index (χ0v) is 14.5. The summed E-state index contributed by atoms with van der Waals surface area (Å²) in [5, 5.41) is 14.8. The van der Waals surface area contributed by atoms with Crippen LogP contribution in [0.1, 0.15) is 20.8 Å². The number of fused-ring (bicyclic) bond motifs is 1. The number of hydrogen-bond acceptors (Lipinski definition) is 4. The molecule has 0 saturated carbocycles. The maximum absolute atomic E-state index is 12.5. The first kappa shape index (κ1) is 16.4. The fourth-order valence-electron chi connectivity index (χ4n) is 2.40. The van der Waals surface area contributed by atoms with Crippen molar-refractivity contribution in [2.75, 3.05) is 5.32 Å². The first-order valence-electron chi connectivity index (χ1n) is 7.12. The SMILES string of the molecule is Cc1ccc2c(Cl)c(C(=O)Nc3ccc([N+](=O)[O-])cc3C)sc2c1. The van der Waals surface area contributed by atoms with Gasteiger partial charge in [-0.1, -0.05) is 23.7 Å². The average molecular weight is 361 g/mol. The monoisotopic (exact) mass is 360 g/mol. The van der Waals surface area contributed by atoms with Gasteiger partial charge < -0.3 is 5.32 Å². The Morgan fingerprint density at radius 2 is 1.96 bits per heavy atom. The van der Waals surface area contributed by atoms with Crippen LogP contribution >= 0.6 is 22.9 Å². The van der Waals surface area contributed by atoms with Crippen molar-refractivity contribution in [3.63, 3.8) is 0 Å². The summed E-state index contributed by atoms with van der Waals surface area (Å²) in [7, 11) is 0. The molecule has 1 amide bonds. The molecular formula is C17H13ClN2O3S. The number of nitrogens with zero attached hydrogens (tertiary/aromatic N) is 1. The third-order valence-electron chi connectivity index (χ3n) is 3.66. The van der Waals surface area contributed by atoms with Gasteiger partial charge >= 0.3 is 0 Å². The van der Waals surface area contributed by atoms with Crippen LogP contribution in [-0.2, 0) is 0 Å². The smallest absolute Gasteiger partial charge is 0.269 e. The summed E-state index contributed by atoms with van der Waals surface area (Å²) < 4.78 is 0.950. The Bertz CT molecular complexity index is 981. The summed E-state index contributed by atoms with van der Waals surface area (Å²) in [4.78, 5) is 23.3. The highest BCUT2D eigenvalue weighted by molar-refractivity contribution is 7.21. The lowest BCUT2D eigenvalue weighted by Crippen LogP contribution is -2.11. The number of benzene rings is 2. The normalized spacial score (nSPS) is 10.8. The van der Waals surface area contributed by atoms with Crippen LogP contribution in [0.15, 0.2) is 36.4 Å². The number of carbonyl (C=O) groups excluding carboxylic acids is 1. The molecule has 0 saturated heterocycles. The molecule has 0 fully saturated rings. The van der Waals surface area contributed by atoms with Gasteiger partial charge in [-0.3, -0.25) is 14.9 Å². The lowest BCUT2D eigenvalue weighted by molar-refractivity contribution is -0.384. The van der Waals surface area contributed by atoms with E-state index in [1.807, 2.05) is 25.1 Å². The minimum Gasteiger partial charge on any atom is -0.321 e. The van der Waals surface area contributed by atoms with E-state index >= 15 is 0 Å². The van der Waals surface area contributed by atoms with Crippen molar-refractivity contribution in [3.8, 4) is 0 Å². The Morgan fingerprint density at radius 3 is 2.62 bits per heavy atom. The van der Waals surface area contributed by atoms with Crippen molar-refractivity contribution in [3.05, 3.63) is 67.5 Å². The van der Waals surface area contributed by atoms with E-state index in [0.717, 1.165) is 15.6 Å². The van der Waals surface area contributed by atoms with Gasteiger partial charge in [0.15, 0.2) is 0 Å². The van der Waals surface area contributed by atoms with Crippen molar-refractivity contribution in [2.24, 2.45) is 0 Å². The summed E-state index contributed by atoms with van der Waals surface area (Å²) in [6.07, 6.45) is 0. The number of rotatable bonds is 3. The first-order chi connectivity index (χ1) is 11.4. The lowest BCUT2D eigenvalue weighted by Gasteiger charge is -2.07. The van der Waals surface area contributed by atoms with Crippen LogP contribution in [0.3, 0.4) is 0 Å². The fraction of sp³-hybridized carbons (Fsp3) is 0.118. The average Bonchev–Trinajstić information content (AvgIpc) is 2.85. The third kappa shape index (κ3) is 2.98. The molecular weight excluding hydrogens is 348 g/mol. The number of anilines is 1. The van der Waals surface area contributed by atoms with E-state index in [1.165, 1.54) is 29.5 Å². The molecule has 1 aromatic heterocycles. The van der Waals surface area contributed by atoms with E-state index in [2.05, 4.69) is 5.32 Å². The molecule has 2 aromatic carbocycles. The number of amides is 1. The molecule has 0 radical (unpaired) electrons. The van der Waals surface area contributed by atoms with E-state index < -0.39 is 4.92 Å². The Balaban J connectivity index is 1.93. The Labute approximate surface area is 147 Å². The summed E-state index contributed by atoms with van der Waals surface area (Å²) in [6.45, 7) is 3.69. The highest BCUT2D eigenvalue weighted by Crippen LogP contribution is 2.36. The van der Waals surface area contributed by atoms with Crippen LogP contribution in [0.4, 0.5) is 11.4 Å². The summed E-state index contributed by atoms with van der Waals surface area (Å²) in [5.74, 6) is -0.323. The molecule has 5 nitrogen and oxygen atoms in total. The maximum atomic E-state index is 12.5. The standard InChI is InChI=1S/C17H13ClN2O3S/c1-9-3-5-12-14(7-9)24-16(15(12)18)17(21)19-13-6-4-11(20(22)23)8-10(13)2/h3-8H,1-2H3,(H,19,21). The number of aryl methyl sites for hydroxylation is 2. The van der Waals surface area contributed by atoms with E-state index in [0.29, 0.717) is 21.2 Å². The van der Waals surface area contributed by atoms with Gasteiger partial charge in [-0.15, -0.1) is 11.3 Å². The molecule has 0 aliphatic rings. The van der Waals surface area contributed by atoms with Gasteiger partial charge in [0.25, 0.3) is 11.6 Å². The highest BCUT2D eigenvalue weighted by atomic mass is 35.5. The van der Waals surface area contributed by atoms with E-state index in [1.54, 1.807) is 6.92 Å². The van der Waals surface area contributed by atoms with E-state index in [9.17, 15) is 14.9 Å². The van der Waals surface area contributed by atoms with Crippen molar-refractivity contribution < 1.29 is 9.72 Å². The molecule has 0 aliphatic carbocycles. The van der Waals surface area contributed by atoms with Crippen LogP contribution in [0.2, 0.25) is 5.02 Å². The molecule has 0 bridgehead atoms. The first-order valence-corrected chi connectivity index (χ1v) is 8.31. The molecule has 0 unspecified atom stereocenters. The van der Waals surface area contributed by atoms with Crippen molar-refractivity contribution in [1.29, 1.82) is 0 Å². The minimum atomic E-state index is -0.468. The number of thiophene rings is 1. The van der Waals surface area contributed by atoms with Gasteiger partial charge in [-0.05, 0) is 37.1 Å². The number of nitro benzene ring substituents is 1. The highest BCUT2D eigenvalue weighted by Gasteiger charge is 2.18. The van der Waals surface area contributed by atoms with Gasteiger partial charge in [-0.2, -0.15) is 0 Å². The molecule has 7 heteroatoms. The van der Waals surface area contributed by atoms with Crippen LogP contribution in [0.5, 0.6) is 0 Å². The second-order valence-corrected chi connectivity index (χ2v) is 6.89. The minimum absolute atomic E-state index is 0.0131. The third-order valence-corrected chi connectivity index (χ3v) is 5.32. The molecule has 0 atom stereocenters. The van der Waals surface area contributed by atoms with E-state index in [4.69, 9.17) is 11.6 Å². The second-order valence-electron chi connectivity index (χ2n) is 5.46. The van der Waals surface area contributed by atoms with Gasteiger partial charge in [-0.25, -0.2) is 0 Å². The van der Waals surface area contributed by atoms with Crippen molar-refractivity contribution in [2.45, 2.75) is 13.8 Å². The maximum Gasteiger partial charge on any atom is 0.269 e. The summed E-state index contributed by atoms with van der Waals surface area (Å²) >= 11 is 7.66. The molecule has 3 rings (SSSR count). The lowest BCUT2D eigenvalue weighted by atomic mass is 10.1. The van der Waals surface area contributed by atoms with Gasteiger partial charge in [0, 0.05) is 27.9 Å². The van der Waals surface area contributed by atoms with Crippen LogP contribution in [0, 0.1) is 24.0 Å². The number of hydrogen-bond donors (Lipinski definition) is 1. The molecule has 1 heterocycles. The van der Waals surface area contributed by atoms with Gasteiger partial charge in [0.05, 0.1) is 9.95 Å².